The van der Waals surface area contributed by atoms with E-state index >= 15 is 0 Å². The Kier molecular flexibility index (Phi) is 11.9. The first kappa shape index (κ1) is 41.3. The Balaban J connectivity index is 1.50. The van der Waals surface area contributed by atoms with Gasteiger partial charge < -0.3 is 48.1 Å². The number of thiol groups is 2. The van der Waals surface area contributed by atoms with Gasteiger partial charge in [-0.15, -0.1) is 0 Å². The van der Waals surface area contributed by atoms with Crippen LogP contribution in [0.4, 0.5) is 0 Å². The zero-order chi connectivity index (χ0) is 41.7. The van der Waals surface area contributed by atoms with Gasteiger partial charge in [-0.1, -0.05) is 53.4 Å². The maximum absolute atomic E-state index is 11.3. The van der Waals surface area contributed by atoms with Crippen LogP contribution in [0.1, 0.15) is 169 Å². The van der Waals surface area contributed by atoms with Gasteiger partial charge in [-0.05, 0) is 49.9 Å². The van der Waals surface area contributed by atoms with Crippen molar-refractivity contribution in [1.82, 2.24) is 0 Å². The minimum Gasteiger partial charge on any atom is -0.457 e. The number of benzene rings is 4. The molecular formula is C48H56O10S2. The summed E-state index contributed by atoms with van der Waals surface area (Å²) < 4.78 is 53.0. The van der Waals surface area contributed by atoms with Crippen LogP contribution in [0.15, 0.2) is 24.3 Å². The van der Waals surface area contributed by atoms with Crippen LogP contribution in [-0.2, 0) is 24.7 Å². The lowest BCUT2D eigenvalue weighted by Gasteiger charge is -2.37. The van der Waals surface area contributed by atoms with Crippen molar-refractivity contribution in [3.63, 3.8) is 0 Å². The molecular weight excluding hydrogens is 801 g/mol. The van der Waals surface area contributed by atoms with Gasteiger partial charge in [-0.2, -0.15) is 25.3 Å². The highest BCUT2D eigenvalue weighted by atomic mass is 32.1. The molecule has 320 valence electrons. The number of aliphatic hydroxyl groups excluding tert-OH is 2. The van der Waals surface area contributed by atoms with Crippen molar-refractivity contribution in [1.29, 1.82) is 0 Å². The molecule has 2 N–H and O–H groups in total. The minimum absolute atomic E-state index is 0.0953. The number of ether oxygens (including phenoxy) is 8. The normalized spacial score (nSPS) is 20.3. The summed E-state index contributed by atoms with van der Waals surface area (Å²) in [5.74, 6) is 5.07. The molecule has 0 saturated carbocycles. The number of rotatable bonds is 12. The van der Waals surface area contributed by atoms with Gasteiger partial charge in [-0.3, -0.25) is 0 Å². The van der Waals surface area contributed by atoms with Crippen LogP contribution >= 0.6 is 25.3 Å². The number of aliphatic hydroxyl groups is 2. The van der Waals surface area contributed by atoms with Crippen LogP contribution < -0.4 is 37.9 Å². The van der Waals surface area contributed by atoms with Crippen molar-refractivity contribution in [2.75, 3.05) is 27.2 Å². The molecule has 0 aromatic heterocycles. The quantitative estimate of drug-likeness (QED) is 0.103. The summed E-state index contributed by atoms with van der Waals surface area (Å²) >= 11 is 9.88. The molecule has 4 unspecified atom stereocenters. The molecule has 5 aliphatic rings. The standard InChI is InChI=1S/C48H56O10S2/c1-5-9-25-29-13-30-26(10-6-2)35-16-36-28(12-8-4)32-14-31-27(11-7-3)34-15-33(25)45-39(19-59)46(34)56-23-53-43(31)38(18-50)44(32)54-24-58-48(36)40(20-60)47(35)57-22-52-42(30)37(17-49)41(29)51-21-55-45/h13-16,25-28,49-50,59-60H,5-12,17-24H2,1-4H3. The van der Waals surface area contributed by atoms with Crippen molar-refractivity contribution < 1.29 is 48.1 Å². The molecule has 4 aromatic carbocycles. The molecule has 12 heteroatoms. The fourth-order valence-electron chi connectivity index (χ4n) is 10.7. The summed E-state index contributed by atoms with van der Waals surface area (Å²) in [6, 6.07) is 9.14. The van der Waals surface area contributed by atoms with Crippen LogP contribution in [0.25, 0.3) is 0 Å². The van der Waals surface area contributed by atoms with Gasteiger partial charge in [0.2, 0.25) is 27.2 Å². The zero-order valence-electron chi connectivity index (χ0n) is 35.0. The Bertz CT molecular complexity index is 1850. The third kappa shape index (κ3) is 6.54. The smallest absolute Gasteiger partial charge is 0.230 e. The molecule has 60 heavy (non-hydrogen) atoms. The van der Waals surface area contributed by atoms with Gasteiger partial charge in [0.25, 0.3) is 0 Å². The van der Waals surface area contributed by atoms with E-state index in [4.69, 9.17) is 63.2 Å². The summed E-state index contributed by atoms with van der Waals surface area (Å²) in [5, 5.41) is 22.7. The van der Waals surface area contributed by atoms with Crippen LogP contribution in [0.2, 0.25) is 0 Å². The molecule has 10 nitrogen and oxygen atoms in total. The largest absolute Gasteiger partial charge is 0.457 e. The van der Waals surface area contributed by atoms with Crippen molar-refractivity contribution in [3.8, 4) is 46.0 Å². The highest BCUT2D eigenvalue weighted by Crippen LogP contribution is 2.58. The molecule has 0 amide bonds. The molecule has 0 spiro atoms. The lowest BCUT2D eigenvalue weighted by Crippen LogP contribution is -2.25. The Labute approximate surface area is 363 Å². The van der Waals surface area contributed by atoms with E-state index in [9.17, 15) is 10.2 Å². The second-order valence-corrected chi connectivity index (χ2v) is 17.0. The van der Waals surface area contributed by atoms with Gasteiger partial charge in [0.05, 0.1) is 24.3 Å². The van der Waals surface area contributed by atoms with Crippen molar-refractivity contribution in [2.45, 2.75) is 127 Å². The maximum Gasteiger partial charge on any atom is 0.230 e. The van der Waals surface area contributed by atoms with E-state index in [1.54, 1.807) is 0 Å². The SMILES string of the molecule is CCCC1c2cc3c4c(CO)c2OCOc2c1cc1c(c2CS)OCOc2c(cc5c(c2CO)OCOc2c(cc(c(c2CS)OCO4)C3CCC)C5CCC)C1CCC. The summed E-state index contributed by atoms with van der Waals surface area (Å²) in [5.41, 5.74) is 10.9. The second-order valence-electron chi connectivity index (χ2n) is 16.4. The average molecular weight is 857 g/mol. The summed E-state index contributed by atoms with van der Waals surface area (Å²) in [4.78, 5) is 0. The van der Waals surface area contributed by atoms with E-state index in [0.29, 0.717) is 68.6 Å². The van der Waals surface area contributed by atoms with Crippen molar-refractivity contribution >= 4 is 25.3 Å². The first-order chi connectivity index (χ1) is 29.5. The van der Waals surface area contributed by atoms with Crippen molar-refractivity contribution in [3.05, 3.63) is 91.0 Å². The third-order valence-corrected chi connectivity index (χ3v) is 13.7. The predicted octanol–water partition coefficient (Wildman–Crippen LogP) is 10.5. The van der Waals surface area contributed by atoms with Crippen LogP contribution in [0.5, 0.6) is 46.0 Å². The Morgan fingerprint density at radius 3 is 0.750 bits per heavy atom. The lowest BCUT2D eigenvalue weighted by molar-refractivity contribution is 0.0917. The van der Waals surface area contributed by atoms with E-state index in [2.05, 4.69) is 52.0 Å². The number of hydrogen-bond acceptors (Lipinski definition) is 12. The Morgan fingerprint density at radius 2 is 0.583 bits per heavy atom. The van der Waals surface area contributed by atoms with Gasteiger partial charge in [0, 0.05) is 90.8 Å². The van der Waals surface area contributed by atoms with Crippen LogP contribution in [0.3, 0.4) is 0 Å². The molecule has 4 atom stereocenters. The lowest BCUT2D eigenvalue weighted by atomic mass is 9.74. The average Bonchev–Trinajstić information content (AvgIpc) is 3.24. The molecule has 1 aliphatic carbocycles. The highest BCUT2D eigenvalue weighted by Gasteiger charge is 2.41. The van der Waals surface area contributed by atoms with E-state index in [1.807, 2.05) is 0 Å². The Morgan fingerprint density at radius 1 is 0.383 bits per heavy atom. The molecule has 8 bridgehead atoms. The first-order valence-corrected chi connectivity index (χ1v) is 23.0. The first-order valence-electron chi connectivity index (χ1n) is 21.7. The van der Waals surface area contributed by atoms with Gasteiger partial charge in [-0.25, -0.2) is 0 Å². The fourth-order valence-corrected chi connectivity index (χ4v) is 11.2. The van der Waals surface area contributed by atoms with Gasteiger partial charge >= 0.3 is 0 Å². The summed E-state index contributed by atoms with van der Waals surface area (Å²) in [6.45, 7) is 7.80. The Hall–Kier alpha value is -4.10. The van der Waals surface area contributed by atoms with Crippen molar-refractivity contribution in [2.24, 2.45) is 0 Å². The van der Waals surface area contributed by atoms with E-state index in [0.717, 1.165) is 107 Å². The molecule has 4 aromatic rings. The molecule has 0 saturated heterocycles. The van der Waals surface area contributed by atoms with E-state index in [-0.39, 0.29) is 64.1 Å². The highest BCUT2D eigenvalue weighted by molar-refractivity contribution is 7.79. The maximum atomic E-state index is 11.3. The minimum atomic E-state index is -0.298. The summed E-state index contributed by atoms with van der Waals surface area (Å²) in [7, 11) is 0. The van der Waals surface area contributed by atoms with Crippen LogP contribution in [-0.4, -0.2) is 37.4 Å². The second kappa shape index (κ2) is 17.3. The molecule has 0 fully saturated rings. The molecule has 9 rings (SSSR count). The summed E-state index contributed by atoms with van der Waals surface area (Å²) in [6.07, 6.45) is 6.64. The number of hydrogen-bond donors (Lipinski definition) is 4. The monoisotopic (exact) mass is 856 g/mol. The topological polar surface area (TPSA) is 114 Å². The molecule has 0 radical (unpaired) electrons. The van der Waals surface area contributed by atoms with Gasteiger partial charge in [0.15, 0.2) is 0 Å². The van der Waals surface area contributed by atoms with Crippen LogP contribution in [0, 0.1) is 0 Å². The zero-order valence-corrected chi connectivity index (χ0v) is 36.8. The fraction of sp³-hybridized carbons (Fsp3) is 0.500. The van der Waals surface area contributed by atoms with E-state index < -0.39 is 0 Å². The molecule has 4 heterocycles. The van der Waals surface area contributed by atoms with E-state index in [1.165, 1.54) is 0 Å². The molecule has 4 aliphatic heterocycles. The van der Waals surface area contributed by atoms with Gasteiger partial charge in [0.1, 0.15) is 46.0 Å². The predicted molar refractivity (Wildman–Crippen MR) is 234 cm³/mol. The third-order valence-electron chi connectivity index (χ3n) is 13.1.